The normalized spacial score (nSPS) is 19.7. The van der Waals surface area contributed by atoms with Crippen LogP contribution in [-0.2, 0) is 9.53 Å². The standard InChI is InChI=1S/C11H19F2NO.C9H17NO2.C2H6/c1-3-9(2)8-10(15)14-6-4-11(12,13)5-7-14;1-7-5-10(6-7)8(11)12-9(2,3)4;1-2/h9H,3-8H2,1-2H3;7H,5-6H2,1-4H3;1-2H3. The van der Waals surface area contributed by atoms with Gasteiger partial charge in [-0.3, -0.25) is 4.79 Å². The molecule has 5 nitrogen and oxygen atoms in total. The number of amides is 2. The lowest BCUT2D eigenvalue weighted by Crippen LogP contribution is -2.50. The molecule has 0 saturated carbocycles. The van der Waals surface area contributed by atoms with Crippen LogP contribution in [-0.4, -0.2) is 59.5 Å². The number of ether oxygens (including phenoxy) is 1. The van der Waals surface area contributed by atoms with Crippen molar-refractivity contribution in [2.45, 2.75) is 92.6 Å². The van der Waals surface area contributed by atoms with Crippen molar-refractivity contribution in [1.29, 1.82) is 0 Å². The van der Waals surface area contributed by atoms with Crippen LogP contribution in [0.15, 0.2) is 0 Å². The smallest absolute Gasteiger partial charge is 0.410 e. The summed E-state index contributed by atoms with van der Waals surface area (Å²) in [5.41, 5.74) is -0.365. The molecule has 0 aromatic carbocycles. The lowest BCUT2D eigenvalue weighted by Gasteiger charge is -2.37. The molecule has 0 bridgehead atoms. The largest absolute Gasteiger partial charge is 0.444 e. The van der Waals surface area contributed by atoms with E-state index in [9.17, 15) is 18.4 Å². The third-order valence-corrected chi connectivity index (χ3v) is 4.78. The van der Waals surface area contributed by atoms with E-state index in [1.165, 1.54) is 0 Å². The summed E-state index contributed by atoms with van der Waals surface area (Å²) in [4.78, 5) is 26.3. The lowest BCUT2D eigenvalue weighted by atomic mass is 10.0. The number of likely N-dealkylation sites (tertiary alicyclic amines) is 2. The number of carbonyl (C=O) groups excluding carboxylic acids is 2. The van der Waals surface area contributed by atoms with E-state index in [1.807, 2.05) is 48.5 Å². The van der Waals surface area contributed by atoms with Gasteiger partial charge in [0.05, 0.1) is 0 Å². The van der Waals surface area contributed by atoms with Crippen LogP contribution in [0.25, 0.3) is 0 Å². The van der Waals surface area contributed by atoms with Gasteiger partial charge in [-0.05, 0) is 32.6 Å². The molecule has 2 amide bonds. The fourth-order valence-electron chi connectivity index (χ4n) is 2.83. The first-order chi connectivity index (χ1) is 13.3. The van der Waals surface area contributed by atoms with Gasteiger partial charge in [-0.15, -0.1) is 0 Å². The Morgan fingerprint density at radius 3 is 1.97 bits per heavy atom. The minimum Gasteiger partial charge on any atom is -0.444 e. The predicted octanol–water partition coefficient (Wildman–Crippen LogP) is 5.58. The zero-order valence-electron chi connectivity index (χ0n) is 19.7. The molecule has 2 fully saturated rings. The Labute approximate surface area is 176 Å². The van der Waals surface area contributed by atoms with Crippen molar-refractivity contribution in [3.05, 3.63) is 0 Å². The zero-order chi connectivity index (χ0) is 22.8. The van der Waals surface area contributed by atoms with Crippen LogP contribution < -0.4 is 0 Å². The Morgan fingerprint density at radius 1 is 1.10 bits per heavy atom. The molecule has 0 N–H and O–H groups in total. The van der Waals surface area contributed by atoms with E-state index < -0.39 is 5.92 Å². The van der Waals surface area contributed by atoms with E-state index in [1.54, 1.807) is 9.80 Å². The Hall–Kier alpha value is -1.40. The van der Waals surface area contributed by atoms with Crippen LogP contribution in [0, 0.1) is 11.8 Å². The molecule has 2 rings (SSSR count). The van der Waals surface area contributed by atoms with E-state index in [0.717, 1.165) is 19.5 Å². The molecule has 2 aliphatic rings. The van der Waals surface area contributed by atoms with Crippen molar-refractivity contribution < 1.29 is 23.1 Å². The van der Waals surface area contributed by atoms with E-state index in [0.29, 0.717) is 18.3 Å². The van der Waals surface area contributed by atoms with Gasteiger partial charge in [-0.2, -0.15) is 0 Å². The van der Waals surface area contributed by atoms with Crippen LogP contribution in [0.4, 0.5) is 13.6 Å². The average Bonchev–Trinajstić information content (AvgIpc) is 2.59. The molecule has 2 heterocycles. The number of halogens is 2. The first-order valence-electron chi connectivity index (χ1n) is 11.0. The number of alkyl halides is 2. The minimum atomic E-state index is -2.56. The quantitative estimate of drug-likeness (QED) is 0.599. The van der Waals surface area contributed by atoms with Gasteiger partial charge in [-0.25, -0.2) is 13.6 Å². The maximum absolute atomic E-state index is 12.8. The highest BCUT2D eigenvalue weighted by atomic mass is 19.3. The van der Waals surface area contributed by atoms with Crippen molar-refractivity contribution in [3.63, 3.8) is 0 Å². The zero-order valence-corrected chi connectivity index (χ0v) is 19.7. The third kappa shape index (κ3) is 11.4. The topological polar surface area (TPSA) is 49.9 Å². The maximum atomic E-state index is 12.8. The summed E-state index contributed by atoms with van der Waals surface area (Å²) in [6.07, 6.45) is 0.900. The molecule has 29 heavy (non-hydrogen) atoms. The fraction of sp³-hybridized carbons (Fsp3) is 0.909. The van der Waals surface area contributed by atoms with Crippen molar-refractivity contribution in [2.24, 2.45) is 11.8 Å². The molecule has 0 spiro atoms. The molecule has 0 aliphatic carbocycles. The van der Waals surface area contributed by atoms with Crippen molar-refractivity contribution in [3.8, 4) is 0 Å². The summed E-state index contributed by atoms with van der Waals surface area (Å²) >= 11 is 0. The van der Waals surface area contributed by atoms with Gasteiger partial charge in [-0.1, -0.05) is 41.0 Å². The molecule has 2 saturated heterocycles. The molecule has 1 unspecified atom stereocenters. The van der Waals surface area contributed by atoms with Crippen molar-refractivity contribution >= 4 is 12.0 Å². The molecule has 0 aromatic rings. The van der Waals surface area contributed by atoms with E-state index in [4.69, 9.17) is 4.74 Å². The number of piperidine rings is 1. The first-order valence-corrected chi connectivity index (χ1v) is 11.0. The highest BCUT2D eigenvalue weighted by molar-refractivity contribution is 5.76. The number of rotatable bonds is 3. The highest BCUT2D eigenvalue weighted by Gasteiger charge is 2.35. The van der Waals surface area contributed by atoms with Crippen LogP contribution in [0.5, 0.6) is 0 Å². The monoisotopic (exact) mass is 420 g/mol. The van der Waals surface area contributed by atoms with Crippen LogP contribution in [0.3, 0.4) is 0 Å². The van der Waals surface area contributed by atoms with Crippen LogP contribution in [0.2, 0.25) is 0 Å². The minimum absolute atomic E-state index is 0.0276. The Bertz CT molecular complexity index is 491. The molecule has 0 aromatic heterocycles. The Morgan fingerprint density at radius 2 is 1.59 bits per heavy atom. The second-order valence-corrected chi connectivity index (χ2v) is 8.94. The molecule has 2 aliphatic heterocycles. The van der Waals surface area contributed by atoms with Gasteiger partial charge in [0.15, 0.2) is 0 Å². The van der Waals surface area contributed by atoms with E-state index in [2.05, 4.69) is 6.92 Å². The Kier molecular flexibility index (Phi) is 11.7. The van der Waals surface area contributed by atoms with Gasteiger partial charge >= 0.3 is 6.09 Å². The SMILES string of the molecule is CC.CC1CN(C(=O)OC(C)(C)C)C1.CCC(C)CC(=O)N1CCC(F)(F)CC1. The first kappa shape index (κ1) is 27.6. The molecular formula is C22H42F2N2O3. The molecule has 7 heteroatoms. The van der Waals surface area contributed by atoms with Crippen LogP contribution in [0.1, 0.15) is 81.1 Å². The molecule has 0 radical (unpaired) electrons. The average molecular weight is 421 g/mol. The number of carbonyl (C=O) groups is 2. The summed E-state index contributed by atoms with van der Waals surface area (Å²) in [5.74, 6) is -1.55. The third-order valence-electron chi connectivity index (χ3n) is 4.78. The van der Waals surface area contributed by atoms with Gasteiger partial charge in [0.1, 0.15) is 5.60 Å². The van der Waals surface area contributed by atoms with E-state index >= 15 is 0 Å². The number of hydrogen-bond acceptors (Lipinski definition) is 3. The van der Waals surface area contributed by atoms with E-state index in [-0.39, 0.29) is 43.5 Å². The molecule has 172 valence electrons. The van der Waals surface area contributed by atoms with Gasteiger partial charge in [0.25, 0.3) is 5.92 Å². The second-order valence-electron chi connectivity index (χ2n) is 8.94. The fourth-order valence-corrected chi connectivity index (χ4v) is 2.83. The summed E-state index contributed by atoms with van der Waals surface area (Å²) < 4.78 is 30.8. The van der Waals surface area contributed by atoms with Gasteiger partial charge < -0.3 is 14.5 Å². The predicted molar refractivity (Wildman–Crippen MR) is 113 cm³/mol. The maximum Gasteiger partial charge on any atom is 0.410 e. The molecule has 1 atom stereocenters. The highest BCUT2D eigenvalue weighted by Crippen LogP contribution is 2.28. The van der Waals surface area contributed by atoms with Crippen LogP contribution >= 0.6 is 0 Å². The number of hydrogen-bond donors (Lipinski definition) is 0. The van der Waals surface area contributed by atoms with Gasteiger partial charge in [0.2, 0.25) is 5.91 Å². The lowest BCUT2D eigenvalue weighted by molar-refractivity contribution is -0.138. The number of nitrogens with zero attached hydrogens (tertiary/aromatic N) is 2. The summed E-state index contributed by atoms with van der Waals surface area (Å²) in [7, 11) is 0. The second kappa shape index (κ2) is 12.3. The Balaban J connectivity index is 0.000000508. The van der Waals surface area contributed by atoms with Gasteiger partial charge in [0, 0.05) is 45.4 Å². The summed E-state index contributed by atoms with van der Waals surface area (Å²) in [6.45, 7) is 17.9. The molecular weight excluding hydrogens is 378 g/mol. The summed E-state index contributed by atoms with van der Waals surface area (Å²) in [5, 5.41) is 0. The van der Waals surface area contributed by atoms with Crippen molar-refractivity contribution in [1.82, 2.24) is 9.80 Å². The summed E-state index contributed by atoms with van der Waals surface area (Å²) in [6, 6.07) is 0. The van der Waals surface area contributed by atoms with Crippen molar-refractivity contribution in [2.75, 3.05) is 26.2 Å².